The Labute approximate surface area is 345 Å². The van der Waals surface area contributed by atoms with E-state index >= 15 is 0 Å². The predicted octanol–water partition coefficient (Wildman–Crippen LogP) is 11.4. The maximum atomic E-state index is 12.4. The summed E-state index contributed by atoms with van der Waals surface area (Å²) in [6.07, 6.45) is 48.4. The van der Waals surface area contributed by atoms with Crippen molar-refractivity contribution >= 4 is 19.8 Å². The first-order valence-corrected chi connectivity index (χ1v) is 23.0. The minimum atomic E-state index is -4.65. The van der Waals surface area contributed by atoms with Gasteiger partial charge in [-0.2, -0.15) is 0 Å². The predicted molar refractivity (Wildman–Crippen MR) is 233 cm³/mol. The number of esters is 2. The molecule has 0 amide bonds. The fourth-order valence-corrected chi connectivity index (χ4v) is 6.14. The normalized spacial score (nSPS) is 14.7. The fourth-order valence-electron chi connectivity index (χ4n) is 5.35. The Morgan fingerprint density at radius 2 is 0.772 bits per heavy atom. The maximum Gasteiger partial charge on any atom is 0.472 e. The summed E-state index contributed by atoms with van der Waals surface area (Å²) in [6.45, 7) is 1.93. The van der Waals surface area contributed by atoms with Crippen LogP contribution >= 0.6 is 7.82 Å². The topological polar surface area (TPSA) is 149 Å². The molecule has 0 aliphatic heterocycles. The first kappa shape index (κ1) is 54.2. The second-order valence-electron chi connectivity index (χ2n) is 13.9. The molecule has 0 saturated carbocycles. The number of aliphatic hydroxyl groups is 2. The Bertz CT molecular complexity index is 1220. The smallest absolute Gasteiger partial charge is 0.457 e. The number of hydrogen-bond acceptors (Lipinski definition) is 9. The van der Waals surface area contributed by atoms with E-state index in [1.807, 2.05) is 0 Å². The molecule has 0 saturated heterocycles. The number of phosphoric acid groups is 1. The Kier molecular flexibility index (Phi) is 39.2. The molecule has 3 N–H and O–H groups in total. The van der Waals surface area contributed by atoms with E-state index < -0.39 is 58.4 Å². The molecule has 0 aromatic carbocycles. The Balaban J connectivity index is 3.98. The summed E-state index contributed by atoms with van der Waals surface area (Å²) in [7, 11) is -4.65. The minimum Gasteiger partial charge on any atom is -0.457 e. The van der Waals surface area contributed by atoms with Crippen LogP contribution in [0.5, 0.6) is 0 Å². The van der Waals surface area contributed by atoms with Crippen LogP contribution in [-0.4, -0.2) is 65.7 Å². The third-order valence-corrected chi connectivity index (χ3v) is 9.55. The Hall–Kier alpha value is -2.85. The molecule has 0 spiro atoms. The summed E-state index contributed by atoms with van der Waals surface area (Å²) in [6, 6.07) is 0. The summed E-state index contributed by atoms with van der Waals surface area (Å²) in [5.41, 5.74) is 0. The largest absolute Gasteiger partial charge is 0.472 e. The molecular formula is C46H77O10P. The van der Waals surface area contributed by atoms with Gasteiger partial charge < -0.3 is 24.6 Å². The molecule has 3 unspecified atom stereocenters. The molecular weight excluding hydrogens is 743 g/mol. The van der Waals surface area contributed by atoms with Crippen LogP contribution < -0.4 is 0 Å². The van der Waals surface area contributed by atoms with Crippen LogP contribution in [0.15, 0.2) is 85.1 Å². The molecule has 0 bridgehead atoms. The average Bonchev–Trinajstić information content (AvgIpc) is 3.20. The Morgan fingerprint density at radius 3 is 1.11 bits per heavy atom. The Morgan fingerprint density at radius 1 is 0.474 bits per heavy atom. The molecule has 0 aromatic rings. The maximum absolute atomic E-state index is 12.4. The zero-order valence-corrected chi connectivity index (χ0v) is 36.2. The van der Waals surface area contributed by atoms with Gasteiger partial charge in [0.05, 0.1) is 26.4 Å². The van der Waals surface area contributed by atoms with E-state index in [0.717, 1.165) is 116 Å². The highest BCUT2D eigenvalue weighted by atomic mass is 31.2. The molecule has 0 aromatic heterocycles. The second-order valence-corrected chi connectivity index (χ2v) is 15.4. The monoisotopic (exact) mass is 821 g/mol. The van der Waals surface area contributed by atoms with Gasteiger partial charge in [-0.3, -0.25) is 18.6 Å². The summed E-state index contributed by atoms with van der Waals surface area (Å²) in [5.74, 6) is -1.06. The molecule has 0 rings (SSSR count). The zero-order chi connectivity index (χ0) is 41.9. The van der Waals surface area contributed by atoms with Crippen LogP contribution in [0, 0.1) is 0 Å². The quantitative estimate of drug-likeness (QED) is 0.0237. The van der Waals surface area contributed by atoms with Crippen LogP contribution in [0.1, 0.15) is 155 Å². The third-order valence-electron chi connectivity index (χ3n) is 8.60. The van der Waals surface area contributed by atoms with Crippen molar-refractivity contribution in [1.82, 2.24) is 0 Å². The summed E-state index contributed by atoms with van der Waals surface area (Å²) >= 11 is 0. The van der Waals surface area contributed by atoms with Crippen LogP contribution in [0.2, 0.25) is 0 Å². The van der Waals surface area contributed by atoms with Crippen molar-refractivity contribution < 1.29 is 47.8 Å². The number of carbonyl (C=O) groups excluding carboxylic acids is 2. The van der Waals surface area contributed by atoms with Crippen molar-refractivity contribution in [3.8, 4) is 0 Å². The molecule has 0 aliphatic rings. The van der Waals surface area contributed by atoms with E-state index in [9.17, 15) is 29.3 Å². The van der Waals surface area contributed by atoms with Gasteiger partial charge in [0.25, 0.3) is 0 Å². The van der Waals surface area contributed by atoms with E-state index in [1.165, 1.54) is 0 Å². The molecule has 11 heteroatoms. The number of aliphatic hydroxyl groups excluding tert-OH is 2. The standard InChI is InChI=1S/C46H77O10P/c1-3-5-7-9-11-13-15-17-19-20-21-22-24-26-28-30-32-34-36-38-46(50)56-44(40-48)42-54-57(51,52)53-41-43(39-47)55-45(49)37-35-33-31-29-27-25-23-18-16-14-12-10-8-6-4-2/h5-8,11-14,17-19,21-23,43-44,47-48H,3-4,9-10,15-16,20,24-42H2,1-2H3,(H,51,52)/b7-5-,8-6-,13-11-,14-12-,19-17-,22-21-,23-18-. The third kappa shape index (κ3) is 39.7. The lowest BCUT2D eigenvalue weighted by Crippen LogP contribution is -2.28. The van der Waals surface area contributed by atoms with Crippen LogP contribution in [-0.2, 0) is 32.7 Å². The number of phosphoric ester groups is 1. The van der Waals surface area contributed by atoms with E-state index in [4.69, 9.17) is 18.5 Å². The molecule has 0 radical (unpaired) electrons. The number of carbonyl (C=O) groups is 2. The van der Waals surface area contributed by atoms with E-state index in [2.05, 4.69) is 98.9 Å². The SMILES string of the molecule is CC/C=C\C/C=C\C/C=C\C/C=C\CCCCCCCCC(=O)OC(CO)COP(=O)(O)OCC(CO)OC(=O)CCCCCCC/C=C\C/C=C\C/C=C\CC. The van der Waals surface area contributed by atoms with Gasteiger partial charge in [-0.05, 0) is 83.5 Å². The van der Waals surface area contributed by atoms with Gasteiger partial charge in [-0.15, -0.1) is 0 Å². The van der Waals surface area contributed by atoms with E-state index in [0.29, 0.717) is 12.8 Å². The van der Waals surface area contributed by atoms with E-state index in [-0.39, 0.29) is 12.8 Å². The molecule has 3 atom stereocenters. The number of rotatable bonds is 39. The molecule has 10 nitrogen and oxygen atoms in total. The van der Waals surface area contributed by atoms with Crippen LogP contribution in [0.4, 0.5) is 0 Å². The molecule has 0 heterocycles. The lowest BCUT2D eigenvalue weighted by Gasteiger charge is -2.20. The lowest BCUT2D eigenvalue weighted by atomic mass is 10.1. The molecule has 0 fully saturated rings. The van der Waals surface area contributed by atoms with Gasteiger partial charge in [0.15, 0.2) is 0 Å². The minimum absolute atomic E-state index is 0.167. The number of unbranched alkanes of at least 4 members (excludes halogenated alkanes) is 11. The highest BCUT2D eigenvalue weighted by Crippen LogP contribution is 2.43. The van der Waals surface area contributed by atoms with Crippen molar-refractivity contribution in [3.63, 3.8) is 0 Å². The number of hydrogen-bond donors (Lipinski definition) is 3. The highest BCUT2D eigenvalue weighted by molar-refractivity contribution is 7.47. The van der Waals surface area contributed by atoms with Crippen molar-refractivity contribution in [2.24, 2.45) is 0 Å². The van der Waals surface area contributed by atoms with Gasteiger partial charge >= 0.3 is 19.8 Å². The number of ether oxygens (including phenoxy) is 2. The zero-order valence-electron chi connectivity index (χ0n) is 35.3. The highest BCUT2D eigenvalue weighted by Gasteiger charge is 2.27. The van der Waals surface area contributed by atoms with Crippen molar-refractivity contribution in [2.75, 3.05) is 26.4 Å². The van der Waals surface area contributed by atoms with Gasteiger partial charge in [-0.25, -0.2) is 4.57 Å². The second kappa shape index (κ2) is 41.3. The number of allylic oxidation sites excluding steroid dienone is 14. The van der Waals surface area contributed by atoms with Crippen molar-refractivity contribution in [1.29, 1.82) is 0 Å². The van der Waals surface area contributed by atoms with Crippen molar-refractivity contribution in [3.05, 3.63) is 85.1 Å². The van der Waals surface area contributed by atoms with Gasteiger partial charge in [-0.1, -0.05) is 144 Å². The van der Waals surface area contributed by atoms with Gasteiger partial charge in [0.2, 0.25) is 0 Å². The van der Waals surface area contributed by atoms with Crippen molar-refractivity contribution in [2.45, 2.75) is 167 Å². The van der Waals surface area contributed by atoms with Gasteiger partial charge in [0, 0.05) is 12.8 Å². The molecule has 0 aliphatic carbocycles. The summed E-state index contributed by atoms with van der Waals surface area (Å²) < 4.78 is 32.5. The van der Waals surface area contributed by atoms with Crippen LogP contribution in [0.3, 0.4) is 0 Å². The molecule has 326 valence electrons. The van der Waals surface area contributed by atoms with E-state index in [1.54, 1.807) is 0 Å². The van der Waals surface area contributed by atoms with Gasteiger partial charge in [0.1, 0.15) is 12.2 Å². The summed E-state index contributed by atoms with van der Waals surface area (Å²) in [4.78, 5) is 34.5. The lowest BCUT2D eigenvalue weighted by molar-refractivity contribution is -0.153. The summed E-state index contributed by atoms with van der Waals surface area (Å²) in [5, 5.41) is 19.2. The first-order valence-electron chi connectivity index (χ1n) is 21.5. The van der Waals surface area contributed by atoms with Crippen LogP contribution in [0.25, 0.3) is 0 Å². The first-order chi connectivity index (χ1) is 27.8. The average molecular weight is 821 g/mol. The fraction of sp³-hybridized carbons (Fsp3) is 0.652. The molecule has 57 heavy (non-hydrogen) atoms.